The standard InChI is InChI=1S/C27H22O4/c28-25-12-11-23-16-20(6-10-24(23)17-25)9-15-27(29)31-19-22-7-13-26(14-8-22)30-18-21-4-2-1-3-5-21/h1-17,28H,18-19H2/b15-9+. The van der Waals surface area contributed by atoms with E-state index >= 15 is 0 Å². The number of hydrogen-bond acceptors (Lipinski definition) is 4. The molecule has 0 saturated carbocycles. The molecule has 4 heteroatoms. The van der Waals surface area contributed by atoms with Crippen LogP contribution in [-0.4, -0.2) is 11.1 Å². The van der Waals surface area contributed by atoms with Crippen molar-refractivity contribution in [2.75, 3.05) is 0 Å². The number of phenols is 1. The average Bonchev–Trinajstić information content (AvgIpc) is 2.81. The molecule has 0 amide bonds. The molecule has 0 atom stereocenters. The molecule has 1 N–H and O–H groups in total. The molecule has 0 heterocycles. The van der Waals surface area contributed by atoms with Gasteiger partial charge in [-0.05, 0) is 63.9 Å². The molecule has 31 heavy (non-hydrogen) atoms. The third-order valence-electron chi connectivity index (χ3n) is 4.81. The zero-order valence-electron chi connectivity index (χ0n) is 16.9. The molecular formula is C27H22O4. The van der Waals surface area contributed by atoms with Crippen LogP contribution in [0.1, 0.15) is 16.7 Å². The van der Waals surface area contributed by atoms with E-state index in [0.717, 1.165) is 33.2 Å². The van der Waals surface area contributed by atoms with Crippen molar-refractivity contribution in [3.05, 3.63) is 114 Å². The van der Waals surface area contributed by atoms with Gasteiger partial charge in [0.15, 0.2) is 0 Å². The maximum atomic E-state index is 12.1. The Balaban J connectivity index is 1.27. The summed E-state index contributed by atoms with van der Waals surface area (Å²) >= 11 is 0. The van der Waals surface area contributed by atoms with Gasteiger partial charge in [0.2, 0.25) is 0 Å². The van der Waals surface area contributed by atoms with Crippen LogP contribution in [0.2, 0.25) is 0 Å². The first kappa shape index (κ1) is 20.2. The Kier molecular flexibility index (Phi) is 6.29. The Morgan fingerprint density at radius 3 is 2.29 bits per heavy atom. The second-order valence-electron chi connectivity index (χ2n) is 7.15. The summed E-state index contributed by atoms with van der Waals surface area (Å²) in [5.74, 6) is 0.591. The van der Waals surface area contributed by atoms with Crippen molar-refractivity contribution in [2.45, 2.75) is 13.2 Å². The number of aromatic hydroxyl groups is 1. The van der Waals surface area contributed by atoms with E-state index in [1.807, 2.05) is 78.9 Å². The molecule has 154 valence electrons. The summed E-state index contributed by atoms with van der Waals surface area (Å²) in [7, 11) is 0. The predicted molar refractivity (Wildman–Crippen MR) is 122 cm³/mol. The average molecular weight is 410 g/mol. The molecule has 0 unspecified atom stereocenters. The highest BCUT2D eigenvalue weighted by atomic mass is 16.5. The van der Waals surface area contributed by atoms with Gasteiger partial charge in [-0.3, -0.25) is 0 Å². The SMILES string of the molecule is O=C(/C=C/c1ccc2cc(O)ccc2c1)OCc1ccc(OCc2ccccc2)cc1. The quantitative estimate of drug-likeness (QED) is 0.305. The third-order valence-corrected chi connectivity index (χ3v) is 4.81. The van der Waals surface area contributed by atoms with Gasteiger partial charge in [-0.25, -0.2) is 4.79 Å². The molecular weight excluding hydrogens is 388 g/mol. The van der Waals surface area contributed by atoms with E-state index in [4.69, 9.17) is 9.47 Å². The number of carbonyl (C=O) groups excluding carboxylic acids is 1. The summed E-state index contributed by atoms with van der Waals surface area (Å²) in [6.45, 7) is 0.703. The lowest BCUT2D eigenvalue weighted by molar-refractivity contribution is -0.138. The van der Waals surface area contributed by atoms with Gasteiger partial charge in [0.05, 0.1) is 0 Å². The fraction of sp³-hybridized carbons (Fsp3) is 0.0741. The number of rotatable bonds is 7. The summed E-state index contributed by atoms with van der Waals surface area (Å²) < 4.78 is 11.1. The summed E-state index contributed by atoms with van der Waals surface area (Å²) in [4.78, 5) is 12.1. The number of benzene rings is 4. The molecule has 0 aliphatic rings. The highest BCUT2D eigenvalue weighted by Gasteiger charge is 2.02. The molecule has 0 spiro atoms. The third kappa shape index (κ3) is 5.73. The zero-order valence-corrected chi connectivity index (χ0v) is 16.9. The Morgan fingerprint density at radius 2 is 1.48 bits per heavy atom. The van der Waals surface area contributed by atoms with E-state index < -0.39 is 5.97 Å². The fourth-order valence-corrected chi connectivity index (χ4v) is 3.14. The largest absolute Gasteiger partial charge is 0.508 e. The smallest absolute Gasteiger partial charge is 0.331 e. The zero-order chi connectivity index (χ0) is 21.5. The topological polar surface area (TPSA) is 55.8 Å². The summed E-state index contributed by atoms with van der Waals surface area (Å²) in [6, 6.07) is 28.4. The van der Waals surface area contributed by atoms with Crippen LogP contribution in [0.5, 0.6) is 11.5 Å². The summed E-state index contributed by atoms with van der Waals surface area (Å²) in [5, 5.41) is 11.5. The van der Waals surface area contributed by atoms with Crippen LogP contribution in [0.3, 0.4) is 0 Å². The van der Waals surface area contributed by atoms with Gasteiger partial charge in [0.25, 0.3) is 0 Å². The van der Waals surface area contributed by atoms with Crippen LogP contribution < -0.4 is 4.74 Å². The molecule has 0 bridgehead atoms. The normalized spacial score (nSPS) is 11.0. The van der Waals surface area contributed by atoms with E-state index in [2.05, 4.69) is 0 Å². The molecule has 4 nitrogen and oxygen atoms in total. The monoisotopic (exact) mass is 410 g/mol. The summed E-state index contributed by atoms with van der Waals surface area (Å²) in [5.41, 5.74) is 2.88. The molecule has 0 aromatic heterocycles. The number of hydrogen-bond donors (Lipinski definition) is 1. The van der Waals surface area contributed by atoms with E-state index in [0.29, 0.717) is 6.61 Å². The predicted octanol–water partition coefficient (Wildman–Crippen LogP) is 5.88. The lowest BCUT2D eigenvalue weighted by Crippen LogP contribution is -2.01. The first-order valence-corrected chi connectivity index (χ1v) is 9.99. The maximum Gasteiger partial charge on any atom is 0.331 e. The van der Waals surface area contributed by atoms with Gasteiger partial charge in [-0.2, -0.15) is 0 Å². The number of esters is 1. The van der Waals surface area contributed by atoms with Crippen LogP contribution in [0.15, 0.2) is 97.1 Å². The first-order chi connectivity index (χ1) is 15.2. The molecule has 4 rings (SSSR count). The Bertz CT molecular complexity index is 1200. The number of fused-ring (bicyclic) bond motifs is 1. The maximum absolute atomic E-state index is 12.1. The molecule has 0 radical (unpaired) electrons. The Labute approximate surface area is 181 Å². The van der Waals surface area contributed by atoms with Crippen molar-refractivity contribution in [2.24, 2.45) is 0 Å². The highest BCUT2D eigenvalue weighted by Crippen LogP contribution is 2.21. The van der Waals surface area contributed by atoms with Gasteiger partial charge in [-0.15, -0.1) is 0 Å². The van der Waals surface area contributed by atoms with Gasteiger partial charge in [0, 0.05) is 6.08 Å². The molecule has 0 saturated heterocycles. The van der Waals surface area contributed by atoms with Crippen molar-refractivity contribution >= 4 is 22.8 Å². The van der Waals surface area contributed by atoms with Crippen molar-refractivity contribution < 1.29 is 19.4 Å². The van der Waals surface area contributed by atoms with Gasteiger partial charge in [-0.1, -0.05) is 60.7 Å². The van der Waals surface area contributed by atoms with Crippen LogP contribution in [0.4, 0.5) is 0 Å². The highest BCUT2D eigenvalue weighted by molar-refractivity contribution is 5.90. The fourth-order valence-electron chi connectivity index (χ4n) is 3.14. The minimum Gasteiger partial charge on any atom is -0.508 e. The lowest BCUT2D eigenvalue weighted by Gasteiger charge is -2.07. The molecule has 0 aliphatic carbocycles. The van der Waals surface area contributed by atoms with Crippen molar-refractivity contribution in [1.29, 1.82) is 0 Å². The molecule has 0 aliphatic heterocycles. The van der Waals surface area contributed by atoms with Gasteiger partial charge < -0.3 is 14.6 Å². The molecule has 4 aromatic rings. The Hall–Kier alpha value is -4.05. The van der Waals surface area contributed by atoms with E-state index in [-0.39, 0.29) is 12.4 Å². The van der Waals surface area contributed by atoms with E-state index in [1.165, 1.54) is 6.08 Å². The summed E-state index contributed by atoms with van der Waals surface area (Å²) in [6.07, 6.45) is 3.13. The van der Waals surface area contributed by atoms with Crippen LogP contribution in [0, 0.1) is 0 Å². The second kappa shape index (κ2) is 9.63. The Morgan fingerprint density at radius 1 is 0.774 bits per heavy atom. The van der Waals surface area contributed by atoms with Crippen LogP contribution in [0.25, 0.3) is 16.8 Å². The number of carbonyl (C=O) groups is 1. The second-order valence-corrected chi connectivity index (χ2v) is 7.15. The van der Waals surface area contributed by atoms with E-state index in [1.54, 1.807) is 18.2 Å². The minimum atomic E-state index is -0.407. The first-order valence-electron chi connectivity index (χ1n) is 9.99. The van der Waals surface area contributed by atoms with Crippen molar-refractivity contribution in [1.82, 2.24) is 0 Å². The molecule has 4 aromatic carbocycles. The molecule has 0 fully saturated rings. The van der Waals surface area contributed by atoms with Crippen LogP contribution >= 0.6 is 0 Å². The number of ether oxygens (including phenoxy) is 2. The lowest BCUT2D eigenvalue weighted by atomic mass is 10.1. The minimum absolute atomic E-state index is 0.194. The number of phenolic OH excluding ortho intramolecular Hbond substituents is 1. The van der Waals surface area contributed by atoms with Crippen molar-refractivity contribution in [3.8, 4) is 11.5 Å². The van der Waals surface area contributed by atoms with Gasteiger partial charge in [0.1, 0.15) is 24.7 Å². The van der Waals surface area contributed by atoms with Gasteiger partial charge >= 0.3 is 5.97 Å². The van der Waals surface area contributed by atoms with E-state index in [9.17, 15) is 9.90 Å². The van der Waals surface area contributed by atoms with Crippen molar-refractivity contribution in [3.63, 3.8) is 0 Å². The van der Waals surface area contributed by atoms with Crippen LogP contribution in [-0.2, 0) is 22.7 Å².